The number of hydrogen-bond donors (Lipinski definition) is 2. The molecule has 0 unspecified atom stereocenters. The number of pyridine rings is 1. The molecule has 0 bridgehead atoms. The summed E-state index contributed by atoms with van der Waals surface area (Å²) in [4.78, 5) is 21.2. The number of benzene rings is 1. The number of thiazole rings is 1. The minimum Gasteiger partial charge on any atom is -0.325 e. The highest BCUT2D eigenvalue weighted by atomic mass is 32.1. The van der Waals surface area contributed by atoms with Gasteiger partial charge in [0.1, 0.15) is 5.82 Å². The molecule has 5 nitrogen and oxygen atoms in total. The third-order valence-electron chi connectivity index (χ3n) is 3.99. The lowest BCUT2D eigenvalue weighted by Crippen LogP contribution is -2.16. The molecule has 1 amide bonds. The number of anilines is 3. The summed E-state index contributed by atoms with van der Waals surface area (Å²) in [5, 5.41) is 8.82. The molecule has 0 radical (unpaired) electrons. The standard InChI is InChI=1S/C20H22N4OS/c1-12-5-6-21-17(9-12)23-20-22-16(11-26-20)10-18(25)24-19-14(3)7-13(2)8-15(19)4/h5-9,11H,10H2,1-4H3,(H,24,25)(H,21,22,23). The number of nitrogens with one attached hydrogen (secondary N) is 2. The zero-order valence-corrected chi connectivity index (χ0v) is 16.2. The predicted molar refractivity (Wildman–Crippen MR) is 107 cm³/mol. The summed E-state index contributed by atoms with van der Waals surface area (Å²) < 4.78 is 0. The number of aryl methyl sites for hydroxylation is 4. The van der Waals surface area contributed by atoms with Crippen LogP contribution in [-0.4, -0.2) is 15.9 Å². The Morgan fingerprint density at radius 3 is 2.50 bits per heavy atom. The van der Waals surface area contributed by atoms with Gasteiger partial charge in [-0.25, -0.2) is 9.97 Å². The van der Waals surface area contributed by atoms with Gasteiger partial charge in [-0.1, -0.05) is 17.7 Å². The largest absolute Gasteiger partial charge is 0.325 e. The first-order valence-corrected chi connectivity index (χ1v) is 9.30. The van der Waals surface area contributed by atoms with Crippen molar-refractivity contribution in [2.75, 3.05) is 10.6 Å². The Balaban J connectivity index is 1.65. The number of carbonyl (C=O) groups is 1. The second-order valence-electron chi connectivity index (χ2n) is 6.49. The van der Waals surface area contributed by atoms with E-state index in [1.807, 2.05) is 38.3 Å². The number of hydrogen-bond acceptors (Lipinski definition) is 5. The van der Waals surface area contributed by atoms with Crippen molar-refractivity contribution in [3.8, 4) is 0 Å². The minimum absolute atomic E-state index is 0.0643. The van der Waals surface area contributed by atoms with Gasteiger partial charge < -0.3 is 10.6 Å². The van der Waals surface area contributed by atoms with Crippen LogP contribution in [0.25, 0.3) is 0 Å². The monoisotopic (exact) mass is 366 g/mol. The van der Waals surface area contributed by atoms with Gasteiger partial charge in [-0.15, -0.1) is 11.3 Å². The molecular weight excluding hydrogens is 344 g/mol. The smallest absolute Gasteiger partial charge is 0.230 e. The van der Waals surface area contributed by atoms with Crippen LogP contribution in [-0.2, 0) is 11.2 Å². The molecule has 0 saturated carbocycles. The molecule has 0 atom stereocenters. The number of amides is 1. The quantitative estimate of drug-likeness (QED) is 0.687. The maximum absolute atomic E-state index is 12.4. The highest BCUT2D eigenvalue weighted by Gasteiger charge is 2.11. The molecular formula is C20H22N4OS. The maximum Gasteiger partial charge on any atom is 0.230 e. The lowest BCUT2D eigenvalue weighted by molar-refractivity contribution is -0.115. The van der Waals surface area contributed by atoms with Crippen LogP contribution < -0.4 is 10.6 Å². The van der Waals surface area contributed by atoms with E-state index in [9.17, 15) is 4.79 Å². The SMILES string of the molecule is Cc1ccnc(Nc2nc(CC(=O)Nc3c(C)cc(C)cc3C)cs2)c1. The molecule has 26 heavy (non-hydrogen) atoms. The van der Waals surface area contributed by atoms with Crippen molar-refractivity contribution in [2.45, 2.75) is 34.1 Å². The van der Waals surface area contributed by atoms with Crippen LogP contribution in [0.1, 0.15) is 27.9 Å². The molecule has 0 fully saturated rings. The van der Waals surface area contributed by atoms with Gasteiger partial charge in [-0.3, -0.25) is 4.79 Å². The average Bonchev–Trinajstić information content (AvgIpc) is 2.97. The van der Waals surface area contributed by atoms with E-state index in [-0.39, 0.29) is 12.3 Å². The molecule has 3 aromatic rings. The summed E-state index contributed by atoms with van der Waals surface area (Å²) >= 11 is 1.46. The summed E-state index contributed by atoms with van der Waals surface area (Å²) in [6.45, 7) is 8.09. The molecule has 1 aromatic carbocycles. The van der Waals surface area contributed by atoms with E-state index >= 15 is 0 Å². The first-order chi connectivity index (χ1) is 12.4. The Kier molecular flexibility index (Phi) is 5.32. The third-order valence-corrected chi connectivity index (χ3v) is 4.79. The van der Waals surface area contributed by atoms with E-state index in [0.717, 1.165) is 39.0 Å². The molecule has 2 aromatic heterocycles. The zero-order chi connectivity index (χ0) is 18.7. The highest BCUT2D eigenvalue weighted by Crippen LogP contribution is 2.23. The maximum atomic E-state index is 12.4. The average molecular weight is 366 g/mol. The van der Waals surface area contributed by atoms with Crippen molar-refractivity contribution in [1.82, 2.24) is 9.97 Å². The van der Waals surface area contributed by atoms with Crippen LogP contribution in [0.15, 0.2) is 35.8 Å². The second-order valence-corrected chi connectivity index (χ2v) is 7.34. The van der Waals surface area contributed by atoms with Gasteiger partial charge in [0, 0.05) is 17.3 Å². The lowest BCUT2D eigenvalue weighted by atomic mass is 10.0. The molecule has 6 heteroatoms. The van der Waals surface area contributed by atoms with E-state index in [4.69, 9.17) is 0 Å². The van der Waals surface area contributed by atoms with Gasteiger partial charge in [0.15, 0.2) is 5.13 Å². The van der Waals surface area contributed by atoms with Crippen LogP contribution >= 0.6 is 11.3 Å². The second kappa shape index (κ2) is 7.66. The number of aromatic nitrogens is 2. The van der Waals surface area contributed by atoms with Gasteiger partial charge in [-0.2, -0.15) is 0 Å². The van der Waals surface area contributed by atoms with E-state index in [1.54, 1.807) is 6.20 Å². The fourth-order valence-electron chi connectivity index (χ4n) is 2.88. The summed E-state index contributed by atoms with van der Waals surface area (Å²) in [5.74, 6) is 0.687. The lowest BCUT2D eigenvalue weighted by Gasteiger charge is -2.12. The Bertz CT molecular complexity index is 925. The molecule has 0 aliphatic rings. The van der Waals surface area contributed by atoms with Gasteiger partial charge in [0.2, 0.25) is 5.91 Å². The molecule has 0 spiro atoms. The third kappa shape index (κ3) is 4.46. The Morgan fingerprint density at radius 2 is 1.81 bits per heavy atom. The first kappa shape index (κ1) is 18.1. The van der Waals surface area contributed by atoms with Crippen LogP contribution in [0, 0.1) is 27.7 Å². The molecule has 134 valence electrons. The van der Waals surface area contributed by atoms with Crippen molar-refractivity contribution < 1.29 is 4.79 Å². The van der Waals surface area contributed by atoms with Crippen molar-refractivity contribution in [3.05, 3.63) is 63.8 Å². The van der Waals surface area contributed by atoms with Crippen molar-refractivity contribution >= 4 is 33.9 Å². The van der Waals surface area contributed by atoms with Crippen LogP contribution in [0.3, 0.4) is 0 Å². The number of nitrogens with zero attached hydrogens (tertiary/aromatic N) is 2. The van der Waals surface area contributed by atoms with Crippen molar-refractivity contribution in [1.29, 1.82) is 0 Å². The van der Waals surface area contributed by atoms with E-state index in [1.165, 1.54) is 16.9 Å². The Morgan fingerprint density at radius 1 is 1.08 bits per heavy atom. The Labute approximate surface area is 157 Å². The van der Waals surface area contributed by atoms with Gasteiger partial charge in [0.25, 0.3) is 0 Å². The van der Waals surface area contributed by atoms with Crippen LogP contribution in [0.2, 0.25) is 0 Å². The number of rotatable bonds is 5. The predicted octanol–water partition coefficient (Wildman–Crippen LogP) is 4.70. The van der Waals surface area contributed by atoms with Gasteiger partial charge >= 0.3 is 0 Å². The van der Waals surface area contributed by atoms with Crippen molar-refractivity contribution in [2.24, 2.45) is 0 Å². The summed E-state index contributed by atoms with van der Waals surface area (Å²) in [6.07, 6.45) is 2.00. The van der Waals surface area contributed by atoms with E-state index in [0.29, 0.717) is 0 Å². The summed E-state index contributed by atoms with van der Waals surface area (Å²) in [7, 11) is 0. The molecule has 0 saturated heterocycles. The fraction of sp³-hybridized carbons (Fsp3) is 0.250. The van der Waals surface area contributed by atoms with Crippen LogP contribution in [0.5, 0.6) is 0 Å². The van der Waals surface area contributed by atoms with Crippen LogP contribution in [0.4, 0.5) is 16.6 Å². The van der Waals surface area contributed by atoms with Gasteiger partial charge in [-0.05, 0) is 56.5 Å². The molecule has 2 N–H and O–H groups in total. The minimum atomic E-state index is -0.0643. The first-order valence-electron chi connectivity index (χ1n) is 8.42. The summed E-state index contributed by atoms with van der Waals surface area (Å²) in [6, 6.07) is 8.04. The van der Waals surface area contributed by atoms with E-state index in [2.05, 4.69) is 39.7 Å². The van der Waals surface area contributed by atoms with Gasteiger partial charge in [0.05, 0.1) is 12.1 Å². The molecule has 0 aliphatic carbocycles. The van der Waals surface area contributed by atoms with Crippen molar-refractivity contribution in [3.63, 3.8) is 0 Å². The fourth-order valence-corrected chi connectivity index (χ4v) is 3.60. The topological polar surface area (TPSA) is 66.9 Å². The van der Waals surface area contributed by atoms with E-state index < -0.39 is 0 Å². The summed E-state index contributed by atoms with van der Waals surface area (Å²) in [5.41, 5.74) is 6.09. The zero-order valence-electron chi connectivity index (χ0n) is 15.4. The molecule has 0 aliphatic heterocycles. The molecule has 2 heterocycles. The Hall–Kier alpha value is -2.73. The number of carbonyl (C=O) groups excluding carboxylic acids is 1. The highest BCUT2D eigenvalue weighted by molar-refractivity contribution is 7.13. The normalized spacial score (nSPS) is 10.6. The molecule has 3 rings (SSSR count).